The molecule has 0 amide bonds. The molecule has 4 rings (SSSR count). The zero-order valence-corrected chi connectivity index (χ0v) is 16.4. The van der Waals surface area contributed by atoms with Crippen LogP contribution in [0.2, 0.25) is 0 Å². The number of benzene rings is 1. The fourth-order valence-corrected chi connectivity index (χ4v) is 5.05. The third-order valence-corrected chi connectivity index (χ3v) is 6.75. The molecule has 2 heterocycles. The average Bonchev–Trinajstić information content (AvgIpc) is 2.59. The summed E-state index contributed by atoms with van der Waals surface area (Å²) in [4.78, 5) is 7.23. The highest BCUT2D eigenvalue weighted by Crippen LogP contribution is 2.64. The second-order valence-corrected chi connectivity index (χ2v) is 7.89. The Hall–Kier alpha value is -1.41. The van der Waals surface area contributed by atoms with Crippen molar-refractivity contribution in [3.05, 3.63) is 41.1 Å². The highest BCUT2D eigenvalue weighted by molar-refractivity contribution is 5.83. The first-order chi connectivity index (χ1) is 11.4. The summed E-state index contributed by atoms with van der Waals surface area (Å²) in [5.74, 6) is 0. The largest absolute Gasteiger partial charge is 0.302 e. The third kappa shape index (κ3) is 2.15. The van der Waals surface area contributed by atoms with Gasteiger partial charge in [0.1, 0.15) is 0 Å². The van der Waals surface area contributed by atoms with E-state index in [9.17, 15) is 0 Å². The predicted octanol–water partition coefficient (Wildman–Crippen LogP) is 5.11. The van der Waals surface area contributed by atoms with Gasteiger partial charge in [0.25, 0.3) is 0 Å². The van der Waals surface area contributed by atoms with E-state index in [4.69, 9.17) is 4.98 Å². The minimum atomic E-state index is 0.314. The highest BCUT2D eigenvalue weighted by atomic mass is 15.3. The fourth-order valence-electron chi connectivity index (χ4n) is 5.05. The van der Waals surface area contributed by atoms with Gasteiger partial charge in [-0.3, -0.25) is 4.98 Å². The summed E-state index contributed by atoms with van der Waals surface area (Å²) in [7, 11) is 2.26. The summed E-state index contributed by atoms with van der Waals surface area (Å²) < 4.78 is 0. The van der Waals surface area contributed by atoms with Gasteiger partial charge in [0.15, 0.2) is 0 Å². The van der Waals surface area contributed by atoms with Crippen LogP contribution in [-0.4, -0.2) is 29.5 Å². The van der Waals surface area contributed by atoms with Gasteiger partial charge in [0.2, 0.25) is 0 Å². The molecular formula is C22H32N2. The van der Waals surface area contributed by atoms with Gasteiger partial charge in [-0.25, -0.2) is 0 Å². The maximum Gasteiger partial charge on any atom is 0.0708 e. The van der Waals surface area contributed by atoms with Crippen LogP contribution in [0.3, 0.4) is 0 Å². The molecule has 0 spiro atoms. The standard InChI is InChI=1S/C20H26N2.C2H6/c1-6-14-9-13(2)21-17-8-7-15(10-16(14)17)19(3)11-18-20(19,4)12-22(18)5;1-2/h7-10,18H,6,11-12H2,1-5H3;1-2H3/t18-,19?,20?;/m1./s1. The lowest BCUT2D eigenvalue weighted by Gasteiger charge is -2.73. The van der Waals surface area contributed by atoms with Crippen LogP contribution in [0.25, 0.3) is 10.9 Å². The minimum Gasteiger partial charge on any atom is -0.302 e. The zero-order chi connectivity index (χ0) is 17.7. The number of aryl methyl sites for hydroxylation is 2. The van der Waals surface area contributed by atoms with Crippen molar-refractivity contribution < 1.29 is 0 Å². The first-order valence-electron chi connectivity index (χ1n) is 9.50. The molecule has 130 valence electrons. The van der Waals surface area contributed by atoms with E-state index in [-0.39, 0.29) is 0 Å². The SMILES string of the molecule is CC.CCc1cc(C)nc2ccc(C3(C)C[C@H]4N(C)CC43C)cc12. The molecule has 0 bridgehead atoms. The van der Waals surface area contributed by atoms with Gasteiger partial charge in [-0.1, -0.05) is 40.7 Å². The molecule has 3 atom stereocenters. The van der Waals surface area contributed by atoms with Crippen LogP contribution in [0, 0.1) is 12.3 Å². The van der Waals surface area contributed by atoms with E-state index >= 15 is 0 Å². The molecular weight excluding hydrogens is 292 g/mol. The fraction of sp³-hybridized carbons (Fsp3) is 0.591. The monoisotopic (exact) mass is 324 g/mol. The van der Waals surface area contributed by atoms with Gasteiger partial charge in [0.05, 0.1) is 5.52 Å². The second kappa shape index (κ2) is 5.84. The maximum atomic E-state index is 4.72. The normalized spacial score (nSPS) is 31.5. The van der Waals surface area contributed by atoms with Crippen molar-refractivity contribution in [2.75, 3.05) is 13.6 Å². The van der Waals surface area contributed by atoms with Crippen LogP contribution in [-0.2, 0) is 11.8 Å². The molecule has 1 aromatic heterocycles. The zero-order valence-electron chi connectivity index (χ0n) is 16.4. The third-order valence-electron chi connectivity index (χ3n) is 6.75. The Labute approximate surface area is 147 Å². The lowest BCUT2D eigenvalue weighted by atomic mass is 9.41. The van der Waals surface area contributed by atoms with Crippen molar-refractivity contribution in [2.45, 2.75) is 65.8 Å². The van der Waals surface area contributed by atoms with E-state index in [0.29, 0.717) is 10.8 Å². The van der Waals surface area contributed by atoms with E-state index in [2.05, 4.69) is 63.9 Å². The number of hydrogen-bond acceptors (Lipinski definition) is 2. The van der Waals surface area contributed by atoms with Gasteiger partial charge < -0.3 is 4.90 Å². The van der Waals surface area contributed by atoms with Crippen molar-refractivity contribution in [1.82, 2.24) is 9.88 Å². The number of pyridine rings is 1. The molecule has 1 aromatic carbocycles. The van der Waals surface area contributed by atoms with Crippen molar-refractivity contribution in [1.29, 1.82) is 0 Å². The Bertz CT molecular complexity index is 766. The summed E-state index contributed by atoms with van der Waals surface area (Å²) in [6, 6.07) is 10.0. The molecule has 24 heavy (non-hydrogen) atoms. The van der Waals surface area contributed by atoms with Gasteiger partial charge in [-0.15, -0.1) is 0 Å². The summed E-state index contributed by atoms with van der Waals surface area (Å²) in [6.45, 7) is 14.5. The lowest BCUT2D eigenvalue weighted by molar-refractivity contribution is -0.189. The molecule has 2 unspecified atom stereocenters. The smallest absolute Gasteiger partial charge is 0.0708 e. The minimum absolute atomic E-state index is 0.314. The number of aromatic nitrogens is 1. The first kappa shape index (κ1) is 17.4. The Morgan fingerprint density at radius 1 is 1.21 bits per heavy atom. The summed E-state index contributed by atoms with van der Waals surface area (Å²) in [5.41, 5.74) is 5.97. The van der Waals surface area contributed by atoms with Crippen LogP contribution >= 0.6 is 0 Å². The Morgan fingerprint density at radius 3 is 2.46 bits per heavy atom. The van der Waals surface area contributed by atoms with E-state index in [0.717, 1.165) is 23.7 Å². The van der Waals surface area contributed by atoms with E-state index < -0.39 is 0 Å². The van der Waals surface area contributed by atoms with E-state index in [1.807, 2.05) is 13.8 Å². The molecule has 0 radical (unpaired) electrons. The Kier molecular flexibility index (Phi) is 4.24. The lowest BCUT2D eigenvalue weighted by Crippen LogP contribution is -2.78. The highest BCUT2D eigenvalue weighted by Gasteiger charge is 2.67. The molecule has 1 aliphatic carbocycles. The van der Waals surface area contributed by atoms with Crippen molar-refractivity contribution >= 4 is 10.9 Å². The topological polar surface area (TPSA) is 16.1 Å². The maximum absolute atomic E-state index is 4.72. The van der Waals surface area contributed by atoms with Crippen LogP contribution in [0.4, 0.5) is 0 Å². The summed E-state index contributed by atoms with van der Waals surface area (Å²) in [5, 5.41) is 1.35. The van der Waals surface area contributed by atoms with Gasteiger partial charge >= 0.3 is 0 Å². The van der Waals surface area contributed by atoms with Crippen molar-refractivity contribution in [3.8, 4) is 0 Å². The van der Waals surface area contributed by atoms with E-state index in [1.54, 1.807) is 0 Å². The number of likely N-dealkylation sites (tertiary alicyclic amines) is 1. The molecule has 2 heteroatoms. The number of hydrogen-bond donors (Lipinski definition) is 0. The molecule has 2 aliphatic rings. The summed E-state index contributed by atoms with van der Waals surface area (Å²) in [6.07, 6.45) is 2.36. The Morgan fingerprint density at radius 2 is 1.92 bits per heavy atom. The van der Waals surface area contributed by atoms with E-state index in [1.165, 1.54) is 29.5 Å². The molecule has 1 saturated heterocycles. The average molecular weight is 325 g/mol. The van der Waals surface area contributed by atoms with Gasteiger partial charge in [0, 0.05) is 34.5 Å². The van der Waals surface area contributed by atoms with Crippen LogP contribution in [0.15, 0.2) is 24.3 Å². The molecule has 0 N–H and O–H groups in total. The second-order valence-electron chi connectivity index (χ2n) is 7.89. The molecule has 1 saturated carbocycles. The Balaban J connectivity index is 0.000000815. The van der Waals surface area contributed by atoms with Crippen molar-refractivity contribution in [3.63, 3.8) is 0 Å². The quantitative estimate of drug-likeness (QED) is 0.763. The van der Waals surface area contributed by atoms with Gasteiger partial charge in [-0.05, 0) is 56.1 Å². The van der Waals surface area contributed by atoms with Crippen LogP contribution < -0.4 is 0 Å². The number of fused-ring (bicyclic) bond motifs is 2. The molecule has 2 nitrogen and oxygen atoms in total. The molecule has 1 aliphatic heterocycles. The number of nitrogens with zero attached hydrogens (tertiary/aromatic N) is 2. The predicted molar refractivity (Wildman–Crippen MR) is 104 cm³/mol. The molecule has 2 aromatic rings. The molecule has 2 fully saturated rings. The first-order valence-corrected chi connectivity index (χ1v) is 9.50. The van der Waals surface area contributed by atoms with Crippen LogP contribution in [0.5, 0.6) is 0 Å². The van der Waals surface area contributed by atoms with Crippen LogP contribution in [0.1, 0.15) is 57.9 Å². The van der Waals surface area contributed by atoms with Crippen molar-refractivity contribution in [2.24, 2.45) is 5.41 Å². The number of piperidine rings is 1. The summed E-state index contributed by atoms with van der Waals surface area (Å²) >= 11 is 0. The van der Waals surface area contributed by atoms with Gasteiger partial charge in [-0.2, -0.15) is 0 Å². The number of rotatable bonds is 2.